The molecule has 2 N–H and O–H groups in total. The summed E-state index contributed by atoms with van der Waals surface area (Å²) in [5, 5.41) is 11.0. The highest BCUT2D eigenvalue weighted by Gasteiger charge is 2.19. The van der Waals surface area contributed by atoms with Crippen LogP contribution in [0, 0.1) is 0 Å². The van der Waals surface area contributed by atoms with E-state index in [-0.39, 0.29) is 18.6 Å². The van der Waals surface area contributed by atoms with Crippen LogP contribution in [0.15, 0.2) is 0 Å². The second-order valence-corrected chi connectivity index (χ2v) is 2.83. The highest BCUT2D eigenvalue weighted by molar-refractivity contribution is 5.80. The molecule has 13 heavy (non-hydrogen) atoms. The second kappa shape index (κ2) is 5.40. The van der Waals surface area contributed by atoms with Gasteiger partial charge in [0.05, 0.1) is 0 Å². The quantitative estimate of drug-likeness (QED) is 0.675. The Labute approximate surface area is 77.7 Å². The zero-order chi connectivity index (χ0) is 10.4. The van der Waals surface area contributed by atoms with Gasteiger partial charge in [0.25, 0.3) is 0 Å². The third kappa shape index (κ3) is 3.78. The van der Waals surface area contributed by atoms with Crippen LogP contribution < -0.4 is 5.32 Å². The first-order valence-electron chi connectivity index (χ1n) is 4.23. The van der Waals surface area contributed by atoms with Crippen molar-refractivity contribution in [2.45, 2.75) is 26.3 Å². The van der Waals surface area contributed by atoms with Gasteiger partial charge in [-0.15, -0.1) is 0 Å². The number of carbonyl (C=O) groups excluding carboxylic acids is 1. The fourth-order valence-corrected chi connectivity index (χ4v) is 0.938. The fraction of sp³-hybridized carbons (Fsp3) is 0.750. The van der Waals surface area contributed by atoms with Crippen molar-refractivity contribution in [2.75, 3.05) is 13.6 Å². The Balaban J connectivity index is 4.35. The Morgan fingerprint density at radius 2 is 2.08 bits per heavy atom. The molecule has 1 unspecified atom stereocenters. The van der Waals surface area contributed by atoms with E-state index in [0.717, 1.165) is 6.42 Å². The normalized spacial score (nSPS) is 11.9. The van der Waals surface area contributed by atoms with Crippen molar-refractivity contribution in [2.24, 2.45) is 0 Å². The molecule has 2 amide bonds. The van der Waals surface area contributed by atoms with Gasteiger partial charge in [-0.1, -0.05) is 6.92 Å². The number of amides is 2. The number of aliphatic carboxylic acids is 1. The molecule has 0 rings (SSSR count). The molecule has 0 saturated carbocycles. The molecule has 0 bridgehead atoms. The zero-order valence-corrected chi connectivity index (χ0v) is 8.20. The number of hydrogen-bond donors (Lipinski definition) is 2. The molecular weight excluding hydrogens is 172 g/mol. The second-order valence-electron chi connectivity index (χ2n) is 2.83. The van der Waals surface area contributed by atoms with Gasteiger partial charge in [-0.2, -0.15) is 0 Å². The Kier molecular flexibility index (Phi) is 4.87. The van der Waals surface area contributed by atoms with E-state index in [9.17, 15) is 9.59 Å². The van der Waals surface area contributed by atoms with E-state index in [1.807, 2.05) is 13.8 Å². The molecule has 0 aromatic rings. The number of nitrogens with one attached hydrogen (secondary N) is 1. The van der Waals surface area contributed by atoms with Crippen LogP contribution in [0.1, 0.15) is 20.3 Å². The summed E-state index contributed by atoms with van der Waals surface area (Å²) in [4.78, 5) is 22.9. The Morgan fingerprint density at radius 3 is 2.38 bits per heavy atom. The van der Waals surface area contributed by atoms with Gasteiger partial charge in [0, 0.05) is 13.1 Å². The molecule has 0 fully saturated rings. The van der Waals surface area contributed by atoms with Crippen molar-refractivity contribution < 1.29 is 14.7 Å². The van der Waals surface area contributed by atoms with E-state index in [1.165, 1.54) is 11.9 Å². The van der Waals surface area contributed by atoms with E-state index >= 15 is 0 Å². The molecule has 0 aromatic carbocycles. The Morgan fingerprint density at radius 1 is 1.54 bits per heavy atom. The number of rotatable bonds is 4. The molecule has 0 radical (unpaired) electrons. The van der Waals surface area contributed by atoms with Crippen LogP contribution in [0.2, 0.25) is 0 Å². The van der Waals surface area contributed by atoms with E-state index in [4.69, 9.17) is 5.11 Å². The lowest BCUT2D eigenvalue weighted by Gasteiger charge is -2.26. The first-order valence-corrected chi connectivity index (χ1v) is 4.23. The van der Waals surface area contributed by atoms with Gasteiger partial charge in [0.1, 0.15) is 6.54 Å². The molecule has 76 valence electrons. The van der Waals surface area contributed by atoms with Crippen LogP contribution in [0.4, 0.5) is 4.79 Å². The third-order valence-electron chi connectivity index (χ3n) is 1.90. The van der Waals surface area contributed by atoms with Gasteiger partial charge in [-0.05, 0) is 13.3 Å². The summed E-state index contributed by atoms with van der Waals surface area (Å²) in [5.41, 5.74) is 0. The van der Waals surface area contributed by atoms with Crippen molar-refractivity contribution in [3.05, 3.63) is 0 Å². The van der Waals surface area contributed by atoms with Crippen LogP contribution in [0.5, 0.6) is 0 Å². The molecule has 0 aliphatic rings. The zero-order valence-electron chi connectivity index (χ0n) is 8.20. The molecule has 0 spiro atoms. The average molecular weight is 188 g/mol. The summed E-state index contributed by atoms with van der Waals surface area (Å²) in [7, 11) is 1.49. The highest BCUT2D eigenvalue weighted by Crippen LogP contribution is 2.02. The molecule has 0 saturated heterocycles. The van der Waals surface area contributed by atoms with E-state index < -0.39 is 5.97 Å². The number of carbonyl (C=O) groups is 2. The van der Waals surface area contributed by atoms with Crippen LogP contribution in [0.25, 0.3) is 0 Å². The fourth-order valence-electron chi connectivity index (χ4n) is 0.938. The largest absolute Gasteiger partial charge is 0.480 e. The van der Waals surface area contributed by atoms with Gasteiger partial charge >= 0.3 is 12.0 Å². The lowest BCUT2D eigenvalue weighted by molar-refractivity contribution is -0.138. The monoisotopic (exact) mass is 188 g/mol. The van der Waals surface area contributed by atoms with Crippen molar-refractivity contribution in [3.8, 4) is 0 Å². The highest BCUT2D eigenvalue weighted by atomic mass is 16.4. The van der Waals surface area contributed by atoms with Crippen molar-refractivity contribution in [1.82, 2.24) is 10.2 Å². The Bertz CT molecular complexity index is 194. The number of nitrogens with zero attached hydrogens (tertiary/aromatic N) is 1. The van der Waals surface area contributed by atoms with E-state index in [2.05, 4.69) is 5.32 Å². The lowest BCUT2D eigenvalue weighted by atomic mass is 10.2. The van der Waals surface area contributed by atoms with Crippen molar-refractivity contribution in [3.63, 3.8) is 0 Å². The average Bonchev–Trinajstić information content (AvgIpc) is 2.11. The third-order valence-corrected chi connectivity index (χ3v) is 1.90. The maximum Gasteiger partial charge on any atom is 0.323 e. The van der Waals surface area contributed by atoms with Gasteiger partial charge in [0.2, 0.25) is 0 Å². The molecule has 0 aromatic heterocycles. The van der Waals surface area contributed by atoms with Gasteiger partial charge < -0.3 is 15.3 Å². The minimum absolute atomic E-state index is 0.0592. The summed E-state index contributed by atoms with van der Waals surface area (Å²) >= 11 is 0. The van der Waals surface area contributed by atoms with Crippen LogP contribution in [0.3, 0.4) is 0 Å². The minimum atomic E-state index is -0.996. The summed E-state index contributed by atoms with van der Waals surface area (Å²) in [6.45, 7) is 3.47. The molecule has 5 heteroatoms. The van der Waals surface area contributed by atoms with E-state index in [1.54, 1.807) is 0 Å². The van der Waals surface area contributed by atoms with Crippen molar-refractivity contribution >= 4 is 12.0 Å². The van der Waals surface area contributed by atoms with Gasteiger partial charge in [-0.3, -0.25) is 4.79 Å². The molecule has 5 nitrogen and oxygen atoms in total. The topological polar surface area (TPSA) is 69.6 Å². The van der Waals surface area contributed by atoms with Gasteiger partial charge in [-0.25, -0.2) is 4.79 Å². The predicted molar refractivity (Wildman–Crippen MR) is 48.6 cm³/mol. The first-order chi connectivity index (χ1) is 6.02. The van der Waals surface area contributed by atoms with Crippen LogP contribution in [-0.4, -0.2) is 41.6 Å². The van der Waals surface area contributed by atoms with Gasteiger partial charge in [0.15, 0.2) is 0 Å². The number of carboxylic acid groups (broad SMARTS) is 1. The Hall–Kier alpha value is -1.26. The van der Waals surface area contributed by atoms with E-state index in [0.29, 0.717) is 0 Å². The summed E-state index contributed by atoms with van der Waals surface area (Å²) < 4.78 is 0. The first kappa shape index (κ1) is 11.7. The molecule has 0 aliphatic heterocycles. The smallest absolute Gasteiger partial charge is 0.323 e. The summed E-state index contributed by atoms with van der Waals surface area (Å²) in [5.74, 6) is -0.996. The SMILES string of the molecule is CCC(C)N(CC(=O)O)C(=O)NC. The predicted octanol–water partition coefficient (Wildman–Crippen LogP) is 0.511. The maximum absolute atomic E-state index is 11.2. The molecule has 1 atom stereocenters. The molecular formula is C8H16N2O3. The summed E-state index contributed by atoms with van der Waals surface area (Å²) in [6, 6.07) is -0.409. The van der Waals surface area contributed by atoms with Crippen LogP contribution in [-0.2, 0) is 4.79 Å². The summed E-state index contributed by atoms with van der Waals surface area (Å²) in [6.07, 6.45) is 0.737. The van der Waals surface area contributed by atoms with Crippen LogP contribution >= 0.6 is 0 Å². The number of urea groups is 1. The minimum Gasteiger partial charge on any atom is -0.480 e. The lowest BCUT2D eigenvalue weighted by Crippen LogP contribution is -2.46. The number of hydrogen-bond acceptors (Lipinski definition) is 2. The standard InChI is InChI=1S/C8H16N2O3/c1-4-6(2)10(5-7(11)12)8(13)9-3/h6H,4-5H2,1-3H3,(H,9,13)(H,11,12). The van der Waals surface area contributed by atoms with Crippen molar-refractivity contribution in [1.29, 1.82) is 0 Å². The maximum atomic E-state index is 11.2. The number of carboxylic acids is 1. The molecule has 0 heterocycles. The molecule has 0 aliphatic carbocycles.